The van der Waals surface area contributed by atoms with Gasteiger partial charge in [-0.25, -0.2) is 10.0 Å². The summed E-state index contributed by atoms with van der Waals surface area (Å²) in [6.07, 6.45) is 1.80. The Hall–Kier alpha value is -0.580. The van der Waals surface area contributed by atoms with Crippen LogP contribution in [-0.4, -0.2) is 42.1 Å². The number of hydroxylamine groups is 3. The van der Waals surface area contributed by atoms with E-state index in [0.29, 0.717) is 32.7 Å². The summed E-state index contributed by atoms with van der Waals surface area (Å²) < 4.78 is 4.83. The van der Waals surface area contributed by atoms with Crippen LogP contribution in [0.5, 0.6) is 0 Å². The van der Waals surface area contributed by atoms with E-state index >= 15 is 0 Å². The average Bonchev–Trinajstić information content (AvgIpc) is 2.23. The molecule has 0 rings (SSSR count). The molecule has 15 heavy (non-hydrogen) atoms. The molecule has 0 fully saturated rings. The summed E-state index contributed by atoms with van der Waals surface area (Å²) in [5, 5.41) is 9.83. The molecule has 0 saturated carbocycles. The maximum Gasteiger partial charge on any atom is 0.330 e. The lowest BCUT2D eigenvalue weighted by Gasteiger charge is -2.27. The minimum atomic E-state index is -0.408. The Kier molecular flexibility index (Phi) is 9.77. The van der Waals surface area contributed by atoms with E-state index in [4.69, 9.17) is 4.74 Å². The maximum atomic E-state index is 10.7. The first-order valence-electron chi connectivity index (χ1n) is 4.96. The third-order valence-corrected chi connectivity index (χ3v) is 2.31. The van der Waals surface area contributed by atoms with Crippen LogP contribution in [0.15, 0.2) is 12.7 Å². The van der Waals surface area contributed by atoms with Gasteiger partial charge in [0.25, 0.3) is 0 Å². The summed E-state index contributed by atoms with van der Waals surface area (Å²) in [7, 11) is 0. The second-order valence-corrected chi connectivity index (χ2v) is 3.18. The Morgan fingerprint density at radius 3 is 2.40 bits per heavy atom. The van der Waals surface area contributed by atoms with Gasteiger partial charge < -0.3 is 17.1 Å². The Bertz CT molecular complexity index is 193. The van der Waals surface area contributed by atoms with Gasteiger partial charge in [0, 0.05) is 12.5 Å². The van der Waals surface area contributed by atoms with Crippen molar-refractivity contribution in [1.82, 2.24) is 0 Å². The highest BCUT2D eigenvalue weighted by atomic mass is 35.5. The van der Waals surface area contributed by atoms with Crippen molar-refractivity contribution < 1.29 is 31.8 Å². The van der Waals surface area contributed by atoms with E-state index in [1.54, 1.807) is 0 Å². The number of hydrogen-bond donors (Lipinski definition) is 1. The van der Waals surface area contributed by atoms with Crippen LogP contribution in [-0.2, 0) is 9.53 Å². The quantitative estimate of drug-likeness (QED) is 0.190. The van der Waals surface area contributed by atoms with Crippen LogP contribution in [0.25, 0.3) is 0 Å². The summed E-state index contributed by atoms with van der Waals surface area (Å²) in [6, 6.07) is 0. The van der Waals surface area contributed by atoms with Gasteiger partial charge in [-0.2, -0.15) is 4.65 Å². The Labute approximate surface area is 97.5 Å². The van der Waals surface area contributed by atoms with Gasteiger partial charge in [-0.3, -0.25) is 0 Å². The van der Waals surface area contributed by atoms with Gasteiger partial charge in [0.1, 0.15) is 19.6 Å². The van der Waals surface area contributed by atoms with E-state index < -0.39 is 5.97 Å². The smallest absolute Gasteiger partial charge is 0.330 e. The molecule has 1 N–H and O–H groups in total. The van der Waals surface area contributed by atoms with Crippen molar-refractivity contribution in [3.63, 3.8) is 0 Å². The van der Waals surface area contributed by atoms with Crippen molar-refractivity contribution in [3.05, 3.63) is 12.7 Å². The zero-order chi connectivity index (χ0) is 11.0. The first kappa shape index (κ1) is 16.8. The summed E-state index contributed by atoms with van der Waals surface area (Å²) in [5.74, 6) is -0.408. The number of ether oxygens (including phenoxy) is 1. The molecule has 90 valence electrons. The molecular formula is C10H20ClNO3. The second kappa shape index (κ2) is 8.71. The molecule has 0 aliphatic heterocycles. The summed E-state index contributed by atoms with van der Waals surface area (Å²) >= 11 is 0. The lowest BCUT2D eigenvalue weighted by molar-refractivity contribution is -1.10. The van der Waals surface area contributed by atoms with Crippen molar-refractivity contribution in [3.8, 4) is 0 Å². The zero-order valence-corrected chi connectivity index (χ0v) is 10.2. The van der Waals surface area contributed by atoms with E-state index in [1.807, 2.05) is 13.8 Å². The number of esters is 1. The predicted molar refractivity (Wildman–Crippen MR) is 53.8 cm³/mol. The molecule has 0 aliphatic carbocycles. The molecule has 4 nitrogen and oxygen atoms in total. The lowest BCUT2D eigenvalue weighted by Crippen LogP contribution is -3.00. The Morgan fingerprint density at radius 1 is 1.47 bits per heavy atom. The van der Waals surface area contributed by atoms with Crippen molar-refractivity contribution in [2.45, 2.75) is 20.3 Å². The third kappa shape index (κ3) is 7.36. The zero-order valence-electron chi connectivity index (χ0n) is 9.41. The number of quaternary nitrogens is 1. The van der Waals surface area contributed by atoms with Gasteiger partial charge in [0.2, 0.25) is 0 Å². The molecule has 0 aromatic heterocycles. The highest BCUT2D eigenvalue weighted by Crippen LogP contribution is 2.02. The second-order valence-electron chi connectivity index (χ2n) is 3.18. The van der Waals surface area contributed by atoms with Crippen LogP contribution in [0, 0.1) is 0 Å². The van der Waals surface area contributed by atoms with Gasteiger partial charge in [-0.15, -0.1) is 0 Å². The fourth-order valence-electron chi connectivity index (χ4n) is 1.13. The minimum Gasteiger partial charge on any atom is -1.00 e. The van der Waals surface area contributed by atoms with Gasteiger partial charge in [-0.1, -0.05) is 6.58 Å². The van der Waals surface area contributed by atoms with Crippen LogP contribution >= 0.6 is 0 Å². The fraction of sp³-hybridized carbons (Fsp3) is 0.700. The normalized spacial score (nSPS) is 10.3. The third-order valence-electron chi connectivity index (χ3n) is 2.31. The lowest BCUT2D eigenvalue weighted by atomic mass is 10.4. The highest BCUT2D eigenvalue weighted by molar-refractivity contribution is 5.81. The van der Waals surface area contributed by atoms with Crippen molar-refractivity contribution in [1.29, 1.82) is 0 Å². The first-order chi connectivity index (χ1) is 6.58. The van der Waals surface area contributed by atoms with E-state index in [2.05, 4.69) is 6.58 Å². The number of carbonyl (C=O) groups excluding carboxylic acids is 1. The molecule has 0 heterocycles. The number of nitrogens with zero attached hydrogens (tertiary/aromatic N) is 1. The summed E-state index contributed by atoms with van der Waals surface area (Å²) in [5.41, 5.74) is 0. The molecule has 0 atom stereocenters. The van der Waals surface area contributed by atoms with Gasteiger partial charge in [-0.05, 0) is 13.8 Å². The molecule has 0 aliphatic rings. The predicted octanol–water partition coefficient (Wildman–Crippen LogP) is -1.64. The summed E-state index contributed by atoms with van der Waals surface area (Å²) in [4.78, 5) is 10.7. The molecule has 0 aromatic carbocycles. The molecule has 0 spiro atoms. The van der Waals surface area contributed by atoms with Crippen molar-refractivity contribution in [2.24, 2.45) is 0 Å². The molecule has 0 saturated heterocycles. The Balaban J connectivity index is 0. The van der Waals surface area contributed by atoms with Gasteiger partial charge in [0.15, 0.2) is 0 Å². The number of hydrogen-bond acceptors (Lipinski definition) is 3. The molecule has 0 bridgehead atoms. The van der Waals surface area contributed by atoms with E-state index in [1.165, 1.54) is 0 Å². The average molecular weight is 238 g/mol. The number of halogens is 1. The molecule has 5 heteroatoms. The summed E-state index contributed by atoms with van der Waals surface area (Å²) in [6.45, 7) is 9.44. The molecule has 0 aromatic rings. The topological polar surface area (TPSA) is 46.5 Å². The Morgan fingerprint density at radius 2 is 2.00 bits per heavy atom. The highest BCUT2D eigenvalue weighted by Gasteiger charge is 2.19. The van der Waals surface area contributed by atoms with Crippen LogP contribution < -0.4 is 12.4 Å². The van der Waals surface area contributed by atoms with E-state index in [9.17, 15) is 10.0 Å². The number of carbonyl (C=O) groups is 1. The van der Waals surface area contributed by atoms with E-state index in [0.717, 1.165) is 6.08 Å². The van der Waals surface area contributed by atoms with Crippen molar-refractivity contribution >= 4 is 5.97 Å². The first-order valence-corrected chi connectivity index (χ1v) is 4.96. The van der Waals surface area contributed by atoms with Crippen LogP contribution in [0.3, 0.4) is 0 Å². The molecule has 0 radical (unpaired) electrons. The van der Waals surface area contributed by atoms with E-state index in [-0.39, 0.29) is 17.1 Å². The van der Waals surface area contributed by atoms with Crippen LogP contribution in [0.2, 0.25) is 0 Å². The maximum absolute atomic E-state index is 10.7. The van der Waals surface area contributed by atoms with Gasteiger partial charge >= 0.3 is 5.97 Å². The monoisotopic (exact) mass is 237 g/mol. The number of rotatable bonds is 7. The van der Waals surface area contributed by atoms with Crippen LogP contribution in [0.4, 0.5) is 0 Å². The van der Waals surface area contributed by atoms with Gasteiger partial charge in [0.05, 0.1) is 6.61 Å². The molecule has 0 unspecified atom stereocenters. The van der Waals surface area contributed by atoms with Crippen LogP contribution in [0.1, 0.15) is 20.3 Å². The fourth-order valence-corrected chi connectivity index (χ4v) is 1.13. The standard InChI is InChI=1S/C10H20NO3.ClH/c1-4-10(12)14-9-7-8-11(13,5-2)6-3;/h4,13H,1,5-9H2,2-3H3;1H/q+1;/p-1. The largest absolute Gasteiger partial charge is 1.00 e. The van der Waals surface area contributed by atoms with Crippen molar-refractivity contribution in [2.75, 3.05) is 26.2 Å². The SMILES string of the molecule is C=CC(=O)OCCC[N+](O)(CC)CC.[Cl-]. The molecule has 0 amide bonds. The minimum absolute atomic E-state index is 0. The molecular weight excluding hydrogens is 218 g/mol.